The van der Waals surface area contributed by atoms with Gasteiger partial charge in [0, 0.05) is 17.1 Å². The van der Waals surface area contributed by atoms with E-state index in [2.05, 4.69) is 4.90 Å². The number of nitrogens with zero attached hydrogens (tertiary/aromatic N) is 1. The zero-order valence-electron chi connectivity index (χ0n) is 16.9. The van der Waals surface area contributed by atoms with Gasteiger partial charge in [0.2, 0.25) is 0 Å². The zero-order valence-corrected chi connectivity index (χ0v) is 16.9. The second-order valence-electron chi connectivity index (χ2n) is 7.30. The van der Waals surface area contributed by atoms with Crippen molar-refractivity contribution in [2.24, 2.45) is 11.5 Å². The van der Waals surface area contributed by atoms with Gasteiger partial charge in [-0.05, 0) is 60.4 Å². The largest absolute Gasteiger partial charge is 0.480 e. The Kier molecular flexibility index (Phi) is 7.02. The highest BCUT2D eigenvalue weighted by atomic mass is 16.4. The van der Waals surface area contributed by atoms with E-state index >= 15 is 0 Å². The lowest BCUT2D eigenvalue weighted by atomic mass is 10.0. The molecular weight excluding hydrogens is 394 g/mol. The fourth-order valence-corrected chi connectivity index (χ4v) is 3.27. The molecule has 0 aliphatic rings. The summed E-state index contributed by atoms with van der Waals surface area (Å²) in [6.45, 7) is 0. The van der Waals surface area contributed by atoms with Gasteiger partial charge in [-0.25, -0.2) is 0 Å². The van der Waals surface area contributed by atoms with Gasteiger partial charge in [0.15, 0.2) is 0 Å². The fraction of sp³-hybridized carbons (Fsp3) is 0.167. The Hall–Kier alpha value is -3.68. The molecule has 0 fully saturated rings. The highest BCUT2D eigenvalue weighted by Gasteiger charge is 2.16. The third-order valence-corrected chi connectivity index (χ3v) is 4.95. The van der Waals surface area contributed by atoms with Gasteiger partial charge >= 0.3 is 11.9 Å². The smallest absolute Gasteiger partial charge is 0.320 e. The average molecular weight is 419 g/mol. The van der Waals surface area contributed by atoms with Gasteiger partial charge in [-0.2, -0.15) is 0 Å². The van der Waals surface area contributed by atoms with E-state index in [1.807, 2.05) is 78.9 Å². The summed E-state index contributed by atoms with van der Waals surface area (Å²) in [7, 11) is 0. The molecule has 0 radical (unpaired) electrons. The number of carboxylic acid groups (broad SMARTS) is 2. The highest BCUT2D eigenvalue weighted by Crippen LogP contribution is 2.34. The molecule has 0 amide bonds. The zero-order chi connectivity index (χ0) is 22.4. The number of benzene rings is 3. The molecule has 2 atom stereocenters. The summed E-state index contributed by atoms with van der Waals surface area (Å²) >= 11 is 0. The van der Waals surface area contributed by atoms with Gasteiger partial charge in [0.1, 0.15) is 12.1 Å². The minimum absolute atomic E-state index is 0.249. The first-order chi connectivity index (χ1) is 14.8. The van der Waals surface area contributed by atoms with E-state index in [1.165, 1.54) is 0 Å². The number of anilines is 3. The number of hydrogen-bond acceptors (Lipinski definition) is 5. The molecule has 3 aromatic carbocycles. The number of para-hydroxylation sites is 1. The molecule has 0 heterocycles. The van der Waals surface area contributed by atoms with Crippen molar-refractivity contribution in [2.75, 3.05) is 4.90 Å². The number of nitrogens with two attached hydrogens (primary N) is 2. The van der Waals surface area contributed by atoms with Crippen molar-refractivity contribution >= 4 is 29.0 Å². The van der Waals surface area contributed by atoms with Crippen LogP contribution in [0.5, 0.6) is 0 Å². The van der Waals surface area contributed by atoms with Crippen LogP contribution in [-0.2, 0) is 22.4 Å². The molecule has 7 nitrogen and oxygen atoms in total. The Morgan fingerprint density at radius 1 is 0.645 bits per heavy atom. The normalized spacial score (nSPS) is 12.7. The summed E-state index contributed by atoms with van der Waals surface area (Å²) in [5.74, 6) is -2.06. The van der Waals surface area contributed by atoms with Gasteiger partial charge in [-0.15, -0.1) is 0 Å². The van der Waals surface area contributed by atoms with Crippen molar-refractivity contribution in [3.8, 4) is 0 Å². The van der Waals surface area contributed by atoms with Crippen LogP contribution >= 0.6 is 0 Å². The van der Waals surface area contributed by atoms with Crippen molar-refractivity contribution < 1.29 is 19.8 Å². The van der Waals surface area contributed by atoms with Gasteiger partial charge in [0.05, 0.1) is 0 Å². The van der Waals surface area contributed by atoms with Crippen LogP contribution in [0.25, 0.3) is 0 Å². The summed E-state index contributed by atoms with van der Waals surface area (Å²) in [4.78, 5) is 24.1. The topological polar surface area (TPSA) is 130 Å². The lowest BCUT2D eigenvalue weighted by molar-refractivity contribution is -0.139. The van der Waals surface area contributed by atoms with E-state index in [-0.39, 0.29) is 12.8 Å². The minimum Gasteiger partial charge on any atom is -0.480 e. The van der Waals surface area contributed by atoms with Crippen LogP contribution in [0.1, 0.15) is 11.1 Å². The lowest BCUT2D eigenvalue weighted by Crippen LogP contribution is -2.32. The standard InChI is InChI=1S/C24H25N3O4/c25-21(23(28)29)14-16-6-10-19(11-7-16)27(18-4-2-1-3-5-18)20-12-8-17(9-13-20)15-22(26)24(30)31/h1-13,21-22H,14-15,25-26H2,(H,28,29)(H,30,31). The lowest BCUT2D eigenvalue weighted by Gasteiger charge is -2.26. The van der Waals surface area contributed by atoms with E-state index < -0.39 is 24.0 Å². The first-order valence-electron chi connectivity index (χ1n) is 9.85. The highest BCUT2D eigenvalue weighted by molar-refractivity contribution is 5.77. The van der Waals surface area contributed by atoms with E-state index in [9.17, 15) is 9.59 Å². The van der Waals surface area contributed by atoms with Crippen LogP contribution in [0.4, 0.5) is 17.1 Å². The number of aliphatic carboxylic acids is 2. The van der Waals surface area contributed by atoms with Gasteiger partial charge < -0.3 is 26.6 Å². The van der Waals surface area contributed by atoms with Gasteiger partial charge in [-0.1, -0.05) is 42.5 Å². The van der Waals surface area contributed by atoms with E-state index in [0.717, 1.165) is 28.2 Å². The number of hydrogen-bond donors (Lipinski definition) is 4. The summed E-state index contributed by atoms with van der Waals surface area (Å²) < 4.78 is 0. The van der Waals surface area contributed by atoms with Crippen molar-refractivity contribution in [1.29, 1.82) is 0 Å². The predicted octanol–water partition coefficient (Wildman–Crippen LogP) is 3.07. The van der Waals surface area contributed by atoms with Crippen LogP contribution < -0.4 is 16.4 Å². The number of carboxylic acids is 2. The molecule has 160 valence electrons. The third-order valence-electron chi connectivity index (χ3n) is 4.95. The summed E-state index contributed by atoms with van der Waals surface area (Å²) in [5, 5.41) is 18.0. The van der Waals surface area contributed by atoms with Gasteiger partial charge in [-0.3, -0.25) is 9.59 Å². The molecule has 6 N–H and O–H groups in total. The molecule has 0 saturated carbocycles. The molecule has 3 aromatic rings. The molecule has 0 aliphatic heterocycles. The van der Waals surface area contributed by atoms with E-state index in [0.29, 0.717) is 0 Å². The minimum atomic E-state index is -1.03. The van der Waals surface area contributed by atoms with Crippen LogP contribution in [0.15, 0.2) is 78.9 Å². The van der Waals surface area contributed by atoms with Crippen LogP contribution in [-0.4, -0.2) is 34.2 Å². The molecule has 3 rings (SSSR count). The Morgan fingerprint density at radius 2 is 1.00 bits per heavy atom. The summed E-state index contributed by atoms with van der Waals surface area (Å²) in [6.07, 6.45) is 0.499. The van der Waals surface area contributed by atoms with Gasteiger partial charge in [0.25, 0.3) is 0 Å². The Bertz CT molecular complexity index is 955. The van der Waals surface area contributed by atoms with Crippen molar-refractivity contribution in [3.63, 3.8) is 0 Å². The molecule has 0 bridgehead atoms. The SMILES string of the molecule is NC(Cc1ccc(N(c2ccccc2)c2ccc(CC(N)C(=O)O)cc2)cc1)C(=O)O. The molecule has 0 aromatic heterocycles. The molecule has 0 spiro atoms. The maximum atomic E-state index is 11.0. The van der Waals surface area contributed by atoms with Crippen LogP contribution in [0.3, 0.4) is 0 Å². The monoisotopic (exact) mass is 419 g/mol. The van der Waals surface area contributed by atoms with Crippen molar-refractivity contribution in [2.45, 2.75) is 24.9 Å². The average Bonchev–Trinajstić information content (AvgIpc) is 2.77. The molecular formula is C24H25N3O4. The Morgan fingerprint density at radius 3 is 1.35 bits per heavy atom. The second kappa shape index (κ2) is 9.88. The maximum Gasteiger partial charge on any atom is 0.320 e. The second-order valence-corrected chi connectivity index (χ2v) is 7.30. The van der Waals surface area contributed by atoms with Crippen molar-refractivity contribution in [1.82, 2.24) is 0 Å². The molecule has 7 heteroatoms. The Balaban J connectivity index is 1.89. The van der Waals surface area contributed by atoms with Crippen LogP contribution in [0, 0.1) is 0 Å². The number of carbonyl (C=O) groups is 2. The van der Waals surface area contributed by atoms with E-state index in [1.54, 1.807) is 0 Å². The summed E-state index contributed by atoms with van der Waals surface area (Å²) in [5.41, 5.74) is 15.7. The fourth-order valence-electron chi connectivity index (χ4n) is 3.27. The first-order valence-corrected chi connectivity index (χ1v) is 9.85. The van der Waals surface area contributed by atoms with Crippen LogP contribution in [0.2, 0.25) is 0 Å². The molecule has 0 saturated heterocycles. The molecule has 31 heavy (non-hydrogen) atoms. The maximum absolute atomic E-state index is 11.0. The molecule has 0 aliphatic carbocycles. The quantitative estimate of drug-likeness (QED) is 0.419. The van der Waals surface area contributed by atoms with E-state index in [4.69, 9.17) is 21.7 Å². The summed E-state index contributed by atoms with van der Waals surface area (Å²) in [6, 6.07) is 23.1. The Labute approximate surface area is 180 Å². The first kappa shape index (κ1) is 22.0. The third kappa shape index (κ3) is 5.69. The van der Waals surface area contributed by atoms with Crippen molar-refractivity contribution in [3.05, 3.63) is 90.0 Å². The molecule has 2 unspecified atom stereocenters. The number of rotatable bonds is 9. The predicted molar refractivity (Wildman–Crippen MR) is 120 cm³/mol.